The molecule has 14 unspecified atom stereocenters. The molecule has 0 aromatic heterocycles. The van der Waals surface area contributed by atoms with Gasteiger partial charge in [-0.3, -0.25) is 14.4 Å². The lowest BCUT2D eigenvalue weighted by molar-refractivity contribution is -0.302. The Morgan fingerprint density at radius 3 is 2.35 bits per heavy atom. The van der Waals surface area contributed by atoms with Gasteiger partial charge in [-0.05, 0) is 115 Å². The number of ether oxygens (including phenoxy) is 5. The SMILES string of the molecule is CCC1C=C(C)CC(C)CC(OC)C2OC(O)(C(=O)C(=O)N3CCCCC3C(=O)OC(C(C)=CC3CCC(N=[N+]=[N-])C(OC(C)C)C3)C(C)C(O)CC1=O)C(C)CC2OC. The third-order valence-electron chi connectivity index (χ3n) is 13.2. The molecular weight excluding hydrogens is 773 g/mol. The molecule has 4 aliphatic rings. The van der Waals surface area contributed by atoms with Gasteiger partial charge in [-0.15, -0.1) is 0 Å². The zero-order valence-corrected chi connectivity index (χ0v) is 37.6. The number of rotatable bonds is 8. The van der Waals surface area contributed by atoms with Crippen molar-refractivity contribution in [1.29, 1.82) is 0 Å². The highest BCUT2D eigenvalue weighted by Crippen LogP contribution is 2.39. The van der Waals surface area contributed by atoms with Gasteiger partial charge in [0.15, 0.2) is 0 Å². The molecule has 0 aromatic rings. The van der Waals surface area contributed by atoms with Gasteiger partial charge in [-0.25, -0.2) is 4.79 Å². The van der Waals surface area contributed by atoms with Crippen molar-refractivity contribution < 1.29 is 53.1 Å². The fourth-order valence-corrected chi connectivity index (χ4v) is 9.83. The van der Waals surface area contributed by atoms with Crippen molar-refractivity contribution >= 4 is 23.4 Å². The molecule has 2 N–H and O–H groups in total. The number of piperidine rings is 1. The number of amides is 1. The molecule has 4 rings (SSSR count). The van der Waals surface area contributed by atoms with Crippen LogP contribution in [0.5, 0.6) is 0 Å². The van der Waals surface area contributed by atoms with Gasteiger partial charge in [-0.1, -0.05) is 50.5 Å². The number of hydrogen-bond acceptors (Lipinski definition) is 12. The first kappa shape index (κ1) is 49.5. The Morgan fingerprint density at radius 1 is 1.03 bits per heavy atom. The molecule has 60 heavy (non-hydrogen) atoms. The van der Waals surface area contributed by atoms with Crippen molar-refractivity contribution in [3.63, 3.8) is 0 Å². The molecule has 0 spiro atoms. The lowest BCUT2D eigenvalue weighted by Gasteiger charge is -2.47. The standard InChI is InChI=1S/C45H72N4O11/c1-11-32-19-26(4)18-27(5)20-38(56-9)41-39(57-10)22-29(7)45(55,60-41)42(52)43(53)49-17-13-12-14-34(49)44(54)59-40(30(8)35(50)24-36(32)51)28(6)21-31-15-16-33(47-48-46)37(23-31)58-25(2)3/h19,21,25,27,29-35,37-41,50,55H,11-18,20,22-24H2,1-10H3. The molecule has 1 aliphatic carbocycles. The number of Topliss-reactive ketones (excluding diaryl/α,β-unsaturated/α-hetero) is 2. The highest BCUT2D eigenvalue weighted by atomic mass is 16.7. The van der Waals surface area contributed by atoms with E-state index in [0.29, 0.717) is 56.9 Å². The molecule has 15 nitrogen and oxygen atoms in total. The third-order valence-corrected chi connectivity index (χ3v) is 13.2. The van der Waals surface area contributed by atoms with Crippen LogP contribution in [0.2, 0.25) is 0 Å². The summed E-state index contributed by atoms with van der Waals surface area (Å²) >= 11 is 0. The number of allylic oxidation sites excluding steroid dienone is 3. The molecule has 15 heteroatoms. The summed E-state index contributed by atoms with van der Waals surface area (Å²) in [5.74, 6) is -7.63. The first-order chi connectivity index (χ1) is 28.4. The van der Waals surface area contributed by atoms with Crippen LogP contribution >= 0.6 is 0 Å². The minimum Gasteiger partial charge on any atom is -0.456 e. The van der Waals surface area contributed by atoms with E-state index in [2.05, 4.69) is 10.0 Å². The predicted molar refractivity (Wildman–Crippen MR) is 224 cm³/mol. The predicted octanol–water partition coefficient (Wildman–Crippen LogP) is 6.57. The Bertz CT molecular complexity index is 1610. The number of carbonyl (C=O) groups excluding carboxylic acids is 4. The second-order valence-electron chi connectivity index (χ2n) is 18.3. The number of nitrogens with zero attached hydrogens (tertiary/aromatic N) is 4. The van der Waals surface area contributed by atoms with E-state index in [1.165, 1.54) is 19.1 Å². The number of methoxy groups -OCH3 is 2. The minimum atomic E-state index is -2.51. The van der Waals surface area contributed by atoms with Crippen LogP contribution in [0, 0.1) is 29.6 Å². The van der Waals surface area contributed by atoms with E-state index in [1.54, 1.807) is 13.8 Å². The lowest BCUT2D eigenvalue weighted by atomic mass is 9.81. The van der Waals surface area contributed by atoms with Crippen LogP contribution in [-0.4, -0.2) is 120 Å². The van der Waals surface area contributed by atoms with Crippen LogP contribution in [-0.2, 0) is 42.9 Å². The first-order valence-electron chi connectivity index (χ1n) is 22.2. The maximum absolute atomic E-state index is 14.4. The van der Waals surface area contributed by atoms with Crippen molar-refractivity contribution in [2.75, 3.05) is 20.8 Å². The first-order valence-corrected chi connectivity index (χ1v) is 22.2. The number of carbonyl (C=O) groups is 4. The number of cyclic esters (lactones) is 1. The van der Waals surface area contributed by atoms with E-state index in [-0.39, 0.29) is 61.7 Å². The zero-order chi connectivity index (χ0) is 44.5. The minimum absolute atomic E-state index is 0.0264. The average Bonchev–Trinajstić information content (AvgIpc) is 3.21. The summed E-state index contributed by atoms with van der Waals surface area (Å²) in [7, 11) is 3.06. The van der Waals surface area contributed by atoms with E-state index in [1.807, 2.05) is 53.7 Å². The summed E-state index contributed by atoms with van der Waals surface area (Å²) in [6.45, 7) is 15.1. The topological polar surface area (TPSA) is 207 Å². The number of azide groups is 1. The van der Waals surface area contributed by atoms with Crippen LogP contribution in [0.4, 0.5) is 0 Å². The smallest absolute Gasteiger partial charge is 0.329 e. The number of hydrogen-bond donors (Lipinski definition) is 2. The lowest BCUT2D eigenvalue weighted by Crippen LogP contribution is -2.64. The van der Waals surface area contributed by atoms with Gasteiger partial charge >= 0.3 is 5.97 Å². The number of fused-ring (bicyclic) bond motifs is 3. The number of ketones is 2. The highest BCUT2D eigenvalue weighted by Gasteiger charge is 2.56. The van der Waals surface area contributed by atoms with Crippen LogP contribution in [0.25, 0.3) is 10.4 Å². The van der Waals surface area contributed by atoms with Crippen LogP contribution < -0.4 is 0 Å². The summed E-state index contributed by atoms with van der Waals surface area (Å²) in [5, 5.41) is 27.8. The Kier molecular flexibility index (Phi) is 18.4. The van der Waals surface area contributed by atoms with Crippen LogP contribution in [0.15, 0.2) is 28.4 Å². The van der Waals surface area contributed by atoms with E-state index < -0.39 is 77.8 Å². The van der Waals surface area contributed by atoms with Gasteiger partial charge < -0.3 is 38.8 Å². The van der Waals surface area contributed by atoms with Gasteiger partial charge in [0.1, 0.15) is 24.0 Å². The molecule has 3 fully saturated rings. The Morgan fingerprint density at radius 2 is 1.72 bits per heavy atom. The van der Waals surface area contributed by atoms with Crippen molar-refractivity contribution in [2.45, 2.75) is 187 Å². The van der Waals surface area contributed by atoms with Crippen molar-refractivity contribution in [1.82, 2.24) is 4.90 Å². The monoisotopic (exact) mass is 845 g/mol. The summed E-state index contributed by atoms with van der Waals surface area (Å²) in [6.07, 6.45) is 4.17. The van der Waals surface area contributed by atoms with E-state index in [9.17, 15) is 34.9 Å². The van der Waals surface area contributed by atoms with Gasteiger partial charge in [0.2, 0.25) is 5.79 Å². The summed E-state index contributed by atoms with van der Waals surface area (Å²) in [6, 6.07) is -1.47. The van der Waals surface area contributed by atoms with Crippen molar-refractivity contribution in [2.24, 2.45) is 34.7 Å². The molecule has 1 amide bonds. The maximum Gasteiger partial charge on any atom is 0.329 e. The van der Waals surface area contributed by atoms with Gasteiger partial charge in [-0.2, -0.15) is 0 Å². The molecule has 3 heterocycles. The molecule has 2 bridgehead atoms. The highest BCUT2D eigenvalue weighted by molar-refractivity contribution is 6.39. The Labute approximate surface area is 356 Å². The number of aliphatic hydroxyl groups excluding tert-OH is 1. The zero-order valence-electron chi connectivity index (χ0n) is 37.6. The van der Waals surface area contributed by atoms with E-state index in [4.69, 9.17) is 23.7 Å². The Balaban J connectivity index is 1.77. The van der Waals surface area contributed by atoms with E-state index >= 15 is 0 Å². The average molecular weight is 845 g/mol. The molecule has 14 atom stereocenters. The number of aliphatic hydroxyl groups is 2. The van der Waals surface area contributed by atoms with Gasteiger partial charge in [0.25, 0.3) is 11.7 Å². The summed E-state index contributed by atoms with van der Waals surface area (Å²) < 4.78 is 30.5. The third kappa shape index (κ3) is 12.0. The van der Waals surface area contributed by atoms with Gasteiger partial charge in [0.05, 0.1) is 36.6 Å². The normalized spacial score (nSPS) is 38.6. The summed E-state index contributed by atoms with van der Waals surface area (Å²) in [5.41, 5.74) is 10.8. The van der Waals surface area contributed by atoms with E-state index in [0.717, 1.165) is 5.57 Å². The van der Waals surface area contributed by atoms with Crippen molar-refractivity contribution in [3.05, 3.63) is 33.7 Å². The second-order valence-corrected chi connectivity index (χ2v) is 18.3. The van der Waals surface area contributed by atoms with Crippen LogP contribution in [0.3, 0.4) is 0 Å². The molecular formula is C45H72N4O11. The molecule has 0 aromatic carbocycles. The number of esters is 1. The van der Waals surface area contributed by atoms with Gasteiger partial charge in [0, 0.05) is 49.9 Å². The molecule has 0 radical (unpaired) electrons. The fraction of sp³-hybridized carbons (Fsp3) is 0.822. The van der Waals surface area contributed by atoms with Crippen molar-refractivity contribution in [3.8, 4) is 0 Å². The molecule has 3 aliphatic heterocycles. The summed E-state index contributed by atoms with van der Waals surface area (Å²) in [4.78, 5) is 61.1. The van der Waals surface area contributed by atoms with Crippen LogP contribution in [0.1, 0.15) is 126 Å². The molecule has 1 saturated carbocycles. The molecule has 2 saturated heterocycles. The Hall–Kier alpha value is -3.17. The fourth-order valence-electron chi connectivity index (χ4n) is 9.83. The quantitative estimate of drug-likeness (QED) is 0.0667. The second kappa shape index (κ2) is 22.3. The molecule has 338 valence electrons. The largest absolute Gasteiger partial charge is 0.456 e. The maximum atomic E-state index is 14.4.